The zero-order valence-corrected chi connectivity index (χ0v) is 13.5. The van der Waals surface area contributed by atoms with Gasteiger partial charge in [0, 0.05) is 0 Å². The van der Waals surface area contributed by atoms with Crippen LogP contribution >= 0.6 is 0 Å². The molecule has 22 heavy (non-hydrogen) atoms. The number of hydrogen-bond acceptors (Lipinski definition) is 2. The van der Waals surface area contributed by atoms with Crippen LogP contribution < -0.4 is 0 Å². The number of unbranched alkanes of at least 4 members (excludes halogenated alkanes) is 5. The molecule has 2 aromatic carbocycles. The molecule has 2 nitrogen and oxygen atoms in total. The third-order valence-electron chi connectivity index (χ3n) is 3.55. The zero-order valence-electron chi connectivity index (χ0n) is 13.5. The van der Waals surface area contributed by atoms with Gasteiger partial charge in [0.05, 0.1) is 0 Å². The Labute approximate surface area is 134 Å². The first-order chi connectivity index (χ1) is 10.7. The first kappa shape index (κ1) is 18.1. The molecule has 0 aliphatic heterocycles. The Kier molecular flexibility index (Phi) is 9.60. The second-order valence-electron chi connectivity index (χ2n) is 5.48. The Morgan fingerprint density at radius 1 is 0.682 bits per heavy atom. The van der Waals surface area contributed by atoms with E-state index < -0.39 is 0 Å². The number of phenolic OH excluding ortho intramolecular Hbond substituents is 2. The van der Waals surface area contributed by atoms with E-state index in [9.17, 15) is 5.11 Å². The first-order valence-corrected chi connectivity index (χ1v) is 8.25. The van der Waals surface area contributed by atoms with Crippen molar-refractivity contribution in [2.75, 3.05) is 0 Å². The fourth-order valence-electron chi connectivity index (χ4n) is 2.25. The molecule has 0 atom stereocenters. The number of benzene rings is 2. The molecule has 2 rings (SSSR count). The molecule has 0 radical (unpaired) electrons. The summed E-state index contributed by atoms with van der Waals surface area (Å²) in [7, 11) is 0. The van der Waals surface area contributed by atoms with Gasteiger partial charge in [-0.2, -0.15) is 0 Å². The summed E-state index contributed by atoms with van der Waals surface area (Å²) in [5, 5.41) is 18.2. The topological polar surface area (TPSA) is 40.5 Å². The Bertz CT molecular complexity index is 494. The molecule has 2 N–H and O–H groups in total. The number of hydrogen-bond donors (Lipinski definition) is 2. The summed E-state index contributed by atoms with van der Waals surface area (Å²) < 4.78 is 0. The van der Waals surface area contributed by atoms with E-state index in [4.69, 9.17) is 5.11 Å². The predicted octanol–water partition coefficient (Wildman–Crippen LogP) is 5.69. The Balaban J connectivity index is 0.000000287. The molecule has 0 aromatic heterocycles. The number of aryl methyl sites for hydroxylation is 1. The van der Waals surface area contributed by atoms with Crippen LogP contribution in [0.3, 0.4) is 0 Å². The van der Waals surface area contributed by atoms with Crippen molar-refractivity contribution in [3.05, 3.63) is 60.2 Å². The van der Waals surface area contributed by atoms with Crippen LogP contribution in [0, 0.1) is 0 Å². The molecule has 2 aromatic rings. The van der Waals surface area contributed by atoms with Gasteiger partial charge in [0.2, 0.25) is 0 Å². The Hall–Kier alpha value is -1.96. The van der Waals surface area contributed by atoms with E-state index in [0.717, 1.165) is 12.0 Å². The van der Waals surface area contributed by atoms with Gasteiger partial charge < -0.3 is 10.2 Å². The highest BCUT2D eigenvalue weighted by atomic mass is 16.3. The molecule has 0 amide bonds. The van der Waals surface area contributed by atoms with Gasteiger partial charge in [-0.25, -0.2) is 0 Å². The largest absolute Gasteiger partial charge is 0.508 e. The lowest BCUT2D eigenvalue weighted by atomic mass is 10.0. The molecule has 0 spiro atoms. The van der Waals surface area contributed by atoms with E-state index in [1.54, 1.807) is 30.3 Å². The van der Waals surface area contributed by atoms with Crippen molar-refractivity contribution in [3.63, 3.8) is 0 Å². The fourth-order valence-corrected chi connectivity index (χ4v) is 2.25. The Morgan fingerprint density at radius 2 is 1.27 bits per heavy atom. The number of aromatic hydroxyl groups is 2. The van der Waals surface area contributed by atoms with Gasteiger partial charge in [0.25, 0.3) is 0 Å². The van der Waals surface area contributed by atoms with Crippen LogP contribution in [0.25, 0.3) is 0 Å². The lowest BCUT2D eigenvalue weighted by Crippen LogP contribution is -1.86. The standard InChI is InChI=1S/C14H22O.C6H6O/c1-2-3-4-5-6-7-10-13-11-8-9-12-14(13)15;7-6-4-2-1-3-5-6/h8-9,11-12,15H,2-7,10H2,1H3;1-5,7H. The lowest BCUT2D eigenvalue weighted by molar-refractivity contribution is 0.466. The highest BCUT2D eigenvalue weighted by Crippen LogP contribution is 2.18. The molecular formula is C20H28O2. The summed E-state index contributed by atoms with van der Waals surface area (Å²) in [6.45, 7) is 2.24. The minimum atomic E-state index is 0.322. The van der Waals surface area contributed by atoms with Crippen LogP contribution in [-0.2, 0) is 6.42 Å². The van der Waals surface area contributed by atoms with E-state index in [1.807, 2.05) is 24.3 Å². The van der Waals surface area contributed by atoms with E-state index in [-0.39, 0.29) is 0 Å². The van der Waals surface area contributed by atoms with Crippen molar-refractivity contribution in [2.24, 2.45) is 0 Å². The van der Waals surface area contributed by atoms with Crippen LogP contribution in [0.15, 0.2) is 54.6 Å². The molecule has 0 fully saturated rings. The van der Waals surface area contributed by atoms with Crippen LogP contribution in [0.1, 0.15) is 51.0 Å². The second-order valence-corrected chi connectivity index (χ2v) is 5.48. The molecular weight excluding hydrogens is 272 g/mol. The van der Waals surface area contributed by atoms with Crippen molar-refractivity contribution in [3.8, 4) is 11.5 Å². The molecule has 0 saturated heterocycles. The maximum atomic E-state index is 9.55. The molecule has 0 bridgehead atoms. The number of phenols is 2. The lowest BCUT2D eigenvalue weighted by Gasteiger charge is -2.03. The van der Waals surface area contributed by atoms with Gasteiger partial charge in [-0.1, -0.05) is 75.4 Å². The summed E-state index contributed by atoms with van der Waals surface area (Å²) in [6, 6.07) is 16.4. The van der Waals surface area contributed by atoms with E-state index in [1.165, 1.54) is 38.5 Å². The molecule has 0 unspecified atom stereocenters. The van der Waals surface area contributed by atoms with E-state index >= 15 is 0 Å². The summed E-state index contributed by atoms with van der Waals surface area (Å²) in [6.07, 6.45) is 8.85. The molecule has 0 aliphatic rings. The fraction of sp³-hybridized carbons (Fsp3) is 0.400. The van der Waals surface area contributed by atoms with Gasteiger partial charge in [0.15, 0.2) is 0 Å². The van der Waals surface area contributed by atoms with Crippen molar-refractivity contribution >= 4 is 0 Å². The number of para-hydroxylation sites is 2. The first-order valence-electron chi connectivity index (χ1n) is 8.25. The van der Waals surface area contributed by atoms with E-state index in [2.05, 4.69) is 6.92 Å². The minimum Gasteiger partial charge on any atom is -0.508 e. The van der Waals surface area contributed by atoms with Crippen molar-refractivity contribution in [2.45, 2.75) is 51.9 Å². The minimum absolute atomic E-state index is 0.322. The second kappa shape index (κ2) is 11.7. The third-order valence-corrected chi connectivity index (χ3v) is 3.55. The van der Waals surface area contributed by atoms with Crippen molar-refractivity contribution in [1.82, 2.24) is 0 Å². The summed E-state index contributed by atoms with van der Waals surface area (Å²) in [4.78, 5) is 0. The average molecular weight is 300 g/mol. The van der Waals surface area contributed by atoms with Crippen molar-refractivity contribution < 1.29 is 10.2 Å². The number of rotatable bonds is 7. The molecule has 0 saturated carbocycles. The molecule has 0 heterocycles. The highest BCUT2D eigenvalue weighted by molar-refractivity contribution is 5.31. The maximum Gasteiger partial charge on any atom is 0.118 e. The van der Waals surface area contributed by atoms with Gasteiger partial charge in [-0.05, 0) is 36.6 Å². The molecule has 2 heteroatoms. The van der Waals surface area contributed by atoms with Gasteiger partial charge in [-0.3, -0.25) is 0 Å². The summed E-state index contributed by atoms with van der Waals surface area (Å²) >= 11 is 0. The van der Waals surface area contributed by atoms with E-state index in [0.29, 0.717) is 11.5 Å². The Morgan fingerprint density at radius 3 is 1.86 bits per heavy atom. The summed E-state index contributed by atoms with van der Waals surface area (Å²) in [5.74, 6) is 0.772. The monoisotopic (exact) mass is 300 g/mol. The van der Waals surface area contributed by atoms with Crippen molar-refractivity contribution in [1.29, 1.82) is 0 Å². The highest BCUT2D eigenvalue weighted by Gasteiger charge is 1.98. The van der Waals surface area contributed by atoms with Crippen LogP contribution in [0.5, 0.6) is 11.5 Å². The average Bonchev–Trinajstić information content (AvgIpc) is 2.54. The predicted molar refractivity (Wildman–Crippen MR) is 93.3 cm³/mol. The normalized spacial score (nSPS) is 9.86. The quantitative estimate of drug-likeness (QED) is 0.645. The van der Waals surface area contributed by atoms with Gasteiger partial charge >= 0.3 is 0 Å². The SMILES string of the molecule is CCCCCCCCc1ccccc1O.Oc1ccccc1. The third kappa shape index (κ3) is 8.35. The van der Waals surface area contributed by atoms with Crippen LogP contribution in [-0.4, -0.2) is 10.2 Å². The van der Waals surface area contributed by atoms with Crippen LogP contribution in [0.2, 0.25) is 0 Å². The van der Waals surface area contributed by atoms with Crippen LogP contribution in [0.4, 0.5) is 0 Å². The van der Waals surface area contributed by atoms with Gasteiger partial charge in [-0.15, -0.1) is 0 Å². The van der Waals surface area contributed by atoms with Gasteiger partial charge in [0.1, 0.15) is 11.5 Å². The summed E-state index contributed by atoms with van der Waals surface area (Å²) in [5.41, 5.74) is 1.09. The smallest absolute Gasteiger partial charge is 0.118 e. The molecule has 0 aliphatic carbocycles. The molecule has 120 valence electrons. The zero-order chi connectivity index (χ0) is 16.0. The maximum absolute atomic E-state index is 9.55.